The number of H-pyrrole nitrogens is 2. The largest absolute Gasteiger partial charge is 0.481 e. The predicted octanol–water partition coefficient (Wildman–Crippen LogP) is -0.989. The third kappa shape index (κ3) is 13.5. The monoisotopic (exact) mass is 932 g/mol. The number of carboxylic acids is 4. The maximum absolute atomic E-state index is 12.4. The summed E-state index contributed by atoms with van der Waals surface area (Å²) in [5.74, 6) is -5.53. The molecule has 27 heteroatoms. The normalized spacial score (nSPS) is 15.2. The molecule has 4 aromatic rings. The smallest absolute Gasteiger partial charge is 0.326 e. The molecule has 67 heavy (non-hydrogen) atoms. The van der Waals surface area contributed by atoms with E-state index in [9.17, 15) is 53.4 Å². The van der Waals surface area contributed by atoms with Crippen molar-refractivity contribution < 1.29 is 54.0 Å². The van der Waals surface area contributed by atoms with Crippen LogP contribution in [0.5, 0.6) is 0 Å². The second-order valence-electron chi connectivity index (χ2n) is 15.1. The van der Waals surface area contributed by atoms with E-state index in [0.29, 0.717) is 49.1 Å². The molecule has 356 valence electrons. The summed E-state index contributed by atoms with van der Waals surface area (Å²) < 4.78 is 0. The summed E-state index contributed by atoms with van der Waals surface area (Å²) in [5, 5.41) is 52.7. The number of fused-ring (bicyclic) bond motifs is 2. The molecule has 27 nitrogen and oxygen atoms in total. The average molecular weight is 933 g/mol. The van der Waals surface area contributed by atoms with Gasteiger partial charge in [0.1, 0.15) is 23.5 Å². The Kier molecular flexibility index (Phi) is 16.2. The number of hydrogen-bond acceptors (Lipinski definition) is 18. The van der Waals surface area contributed by atoms with E-state index in [1.54, 1.807) is 24.3 Å². The minimum atomic E-state index is -1.35. The van der Waals surface area contributed by atoms with Gasteiger partial charge >= 0.3 is 23.9 Å². The quantitative estimate of drug-likeness (QED) is 0.0502. The van der Waals surface area contributed by atoms with E-state index in [1.165, 1.54) is 29.2 Å². The van der Waals surface area contributed by atoms with Crippen LogP contribution in [-0.2, 0) is 24.0 Å². The molecule has 4 heterocycles. The number of aromatic nitrogens is 4. The molecule has 16 N–H and O–H groups in total. The van der Waals surface area contributed by atoms with Crippen LogP contribution in [0.1, 0.15) is 46.4 Å². The van der Waals surface area contributed by atoms with Crippen LogP contribution in [0.15, 0.2) is 58.1 Å². The fourth-order valence-electron chi connectivity index (χ4n) is 6.76. The summed E-state index contributed by atoms with van der Waals surface area (Å²) in [6.45, 7) is 1.58. The van der Waals surface area contributed by atoms with E-state index in [0.717, 1.165) is 5.69 Å². The van der Waals surface area contributed by atoms with Gasteiger partial charge in [0.15, 0.2) is 11.6 Å². The lowest BCUT2D eigenvalue weighted by Crippen LogP contribution is -2.45. The molecule has 0 radical (unpaired) electrons. The molecular weight excluding hydrogens is 885 g/mol. The van der Waals surface area contributed by atoms with Crippen molar-refractivity contribution in [1.82, 2.24) is 30.6 Å². The van der Waals surface area contributed by atoms with Gasteiger partial charge in [-0.15, -0.1) is 0 Å². The average Bonchev–Trinajstić information content (AvgIpc) is 3.28. The van der Waals surface area contributed by atoms with Crippen molar-refractivity contribution >= 4 is 88.4 Å². The first-order valence-electron chi connectivity index (χ1n) is 20.3. The molecule has 0 saturated heterocycles. The zero-order chi connectivity index (χ0) is 48.9. The van der Waals surface area contributed by atoms with Gasteiger partial charge in [-0.25, -0.2) is 9.59 Å². The van der Waals surface area contributed by atoms with Gasteiger partial charge in [-0.1, -0.05) is 0 Å². The summed E-state index contributed by atoms with van der Waals surface area (Å²) in [4.78, 5) is 121. The molecule has 0 aliphatic carbocycles. The van der Waals surface area contributed by atoms with Crippen LogP contribution in [-0.4, -0.2) is 140 Å². The fraction of sp³-hybridized carbons (Fsp3) is 0.325. The number of carbonyl (C=O) groups is 7. The molecule has 0 fully saturated rings. The van der Waals surface area contributed by atoms with Gasteiger partial charge in [-0.2, -0.15) is 9.97 Å². The Morgan fingerprint density at radius 2 is 1.09 bits per heavy atom. The van der Waals surface area contributed by atoms with Crippen molar-refractivity contribution in [3.05, 3.63) is 80.4 Å². The van der Waals surface area contributed by atoms with E-state index in [-0.39, 0.29) is 72.2 Å². The third-order valence-corrected chi connectivity index (χ3v) is 10.2. The van der Waals surface area contributed by atoms with Crippen LogP contribution >= 0.6 is 0 Å². The highest BCUT2D eigenvalue weighted by Gasteiger charge is 2.27. The Hall–Kier alpha value is -8.91. The van der Waals surface area contributed by atoms with Gasteiger partial charge in [0.25, 0.3) is 22.9 Å². The highest BCUT2D eigenvalue weighted by molar-refractivity contribution is 5.98. The minimum absolute atomic E-state index is 0.0216. The van der Waals surface area contributed by atoms with Crippen LogP contribution < -0.4 is 64.3 Å². The van der Waals surface area contributed by atoms with Crippen LogP contribution in [0.25, 0.3) is 0 Å². The second-order valence-corrected chi connectivity index (χ2v) is 15.1. The SMILES string of the molecule is CN(CC1CNc2nc(N)[nH]c(=O)c2N1)c1ccc(C(=O)NC(CCC(=O)O)C(=O)O)cc1.Nc1nc2c(c(=O)[nH]1)NC(CN(C=O)c1ccc(C(=O)NC(CCC(=O)O)C(=O)O)cc1)CN2. The fourth-order valence-corrected chi connectivity index (χ4v) is 6.76. The van der Waals surface area contributed by atoms with Gasteiger partial charge in [-0.05, 0) is 61.4 Å². The summed E-state index contributed by atoms with van der Waals surface area (Å²) in [5.41, 5.74) is 12.4. The lowest BCUT2D eigenvalue weighted by molar-refractivity contribution is -0.142. The van der Waals surface area contributed by atoms with Crippen molar-refractivity contribution in [3.8, 4) is 0 Å². The van der Waals surface area contributed by atoms with Gasteiger partial charge in [0.2, 0.25) is 18.3 Å². The van der Waals surface area contributed by atoms with Crippen LogP contribution in [0.2, 0.25) is 0 Å². The van der Waals surface area contributed by atoms with Gasteiger partial charge < -0.3 is 73.6 Å². The van der Waals surface area contributed by atoms with Gasteiger partial charge in [0.05, 0.1) is 12.1 Å². The Bertz CT molecular complexity index is 2610. The number of likely N-dealkylation sites (N-methyl/N-ethyl adjacent to an activating group) is 1. The Morgan fingerprint density at radius 3 is 1.48 bits per heavy atom. The molecule has 4 atom stereocenters. The number of rotatable bonds is 19. The first kappa shape index (κ1) is 49.1. The molecule has 4 unspecified atom stereocenters. The number of nitrogens with one attached hydrogen (secondary N) is 8. The number of amides is 3. The first-order chi connectivity index (χ1) is 31.8. The number of aliphatic carboxylic acids is 4. The zero-order valence-electron chi connectivity index (χ0n) is 35.6. The molecule has 0 spiro atoms. The van der Waals surface area contributed by atoms with Crippen LogP contribution in [0, 0.1) is 0 Å². The molecular formula is C40H48N14O13. The second kappa shape index (κ2) is 22.1. The maximum Gasteiger partial charge on any atom is 0.326 e. The molecule has 2 aliphatic rings. The molecule has 6 rings (SSSR count). The third-order valence-electron chi connectivity index (χ3n) is 10.2. The number of benzene rings is 2. The predicted molar refractivity (Wildman–Crippen MR) is 241 cm³/mol. The zero-order valence-corrected chi connectivity index (χ0v) is 35.6. The number of nitrogens with two attached hydrogens (primary N) is 2. The number of nitrogen functional groups attached to an aromatic ring is 2. The molecule has 3 amide bonds. The van der Waals surface area contributed by atoms with Gasteiger partial charge in [0, 0.05) is 68.6 Å². The van der Waals surface area contributed by atoms with Crippen molar-refractivity contribution in [3.63, 3.8) is 0 Å². The van der Waals surface area contributed by atoms with Crippen LogP contribution in [0.4, 0.5) is 46.3 Å². The van der Waals surface area contributed by atoms with Crippen molar-refractivity contribution in [2.75, 3.05) is 75.8 Å². The van der Waals surface area contributed by atoms with Crippen molar-refractivity contribution in [2.24, 2.45) is 0 Å². The summed E-state index contributed by atoms with van der Waals surface area (Å²) in [6, 6.07) is 9.28. The van der Waals surface area contributed by atoms with Gasteiger partial charge in [-0.3, -0.25) is 43.5 Å². The van der Waals surface area contributed by atoms with Crippen molar-refractivity contribution in [1.29, 1.82) is 0 Å². The van der Waals surface area contributed by atoms with Crippen molar-refractivity contribution in [2.45, 2.75) is 49.9 Å². The lowest BCUT2D eigenvalue weighted by Gasteiger charge is -2.31. The van der Waals surface area contributed by atoms with E-state index in [4.69, 9.17) is 21.7 Å². The molecule has 2 aromatic carbocycles. The Balaban J connectivity index is 0.000000251. The van der Waals surface area contributed by atoms with E-state index in [2.05, 4.69) is 51.8 Å². The number of aromatic amines is 2. The maximum atomic E-state index is 12.4. The molecule has 0 bridgehead atoms. The molecule has 2 aromatic heterocycles. The highest BCUT2D eigenvalue weighted by Crippen LogP contribution is 2.23. The Morgan fingerprint density at radius 1 is 0.687 bits per heavy atom. The summed E-state index contributed by atoms with van der Waals surface area (Å²) >= 11 is 0. The first-order valence-corrected chi connectivity index (χ1v) is 20.3. The topological polar surface area (TPSA) is 423 Å². The number of hydrogen-bond donors (Lipinski definition) is 14. The standard InChI is InChI=1S/C20H23N7O7.C20H25N7O6/c21-20-25-16-15(18(32)26-20)23-11(7-22-16)8-27(9-28)12-3-1-10(2-4-12)17(31)24-13(19(33)34)5-6-14(29)30;1-27(9-11-8-22-16-15(23-11)18(31)26-20(21)25-16)12-4-2-10(3-5-12)17(30)24-13(19(32)33)6-7-14(28)29/h1-4,9,11,13,23H,5-8H2,(H,24,31)(H,29,30)(H,33,34)(H4,21,22,25,26,32);2-5,11,13,23H,6-9H2,1H3,(H,24,30)(H,28,29)(H,32,33)(H4,21,22,25,26,31). The van der Waals surface area contributed by atoms with E-state index < -0.39 is 59.8 Å². The number of carboxylic acid groups (broad SMARTS) is 4. The van der Waals surface area contributed by atoms with E-state index >= 15 is 0 Å². The number of nitrogens with zero attached hydrogens (tertiary/aromatic N) is 4. The number of carbonyl (C=O) groups excluding carboxylic acids is 3. The Labute approximate surface area is 378 Å². The lowest BCUT2D eigenvalue weighted by atomic mass is 10.1. The minimum Gasteiger partial charge on any atom is -0.481 e. The highest BCUT2D eigenvalue weighted by atomic mass is 16.4. The molecule has 2 aliphatic heterocycles. The summed E-state index contributed by atoms with van der Waals surface area (Å²) in [7, 11) is 1.85. The van der Waals surface area contributed by atoms with Crippen LogP contribution in [0.3, 0.4) is 0 Å². The van der Waals surface area contributed by atoms with E-state index in [1.807, 2.05) is 11.9 Å². The number of anilines is 8. The summed E-state index contributed by atoms with van der Waals surface area (Å²) in [6.07, 6.45) is -0.652. The molecule has 0 saturated carbocycles.